The number of fused-ring (bicyclic) bond motifs is 1. The fourth-order valence-corrected chi connectivity index (χ4v) is 2.39. The van der Waals surface area contributed by atoms with Crippen LogP contribution in [0, 0.1) is 3.57 Å². The molecule has 6 heteroatoms. The normalized spacial score (nSPS) is 10.7. The van der Waals surface area contributed by atoms with E-state index >= 15 is 0 Å². The molecule has 1 aromatic heterocycles. The SMILES string of the molecule is O=C(O)CCc1c(C(=O)O)[nH]c2cc(I)ccc12. The lowest BCUT2D eigenvalue weighted by Gasteiger charge is -1.99. The van der Waals surface area contributed by atoms with Crippen molar-refractivity contribution in [2.24, 2.45) is 0 Å². The second-order valence-electron chi connectivity index (χ2n) is 3.87. The van der Waals surface area contributed by atoms with Crippen molar-refractivity contribution in [3.8, 4) is 0 Å². The van der Waals surface area contributed by atoms with Crippen LogP contribution >= 0.6 is 22.6 Å². The number of hydrogen-bond donors (Lipinski definition) is 3. The highest BCUT2D eigenvalue weighted by atomic mass is 127. The van der Waals surface area contributed by atoms with Crippen LogP contribution in [0.4, 0.5) is 0 Å². The first-order valence-electron chi connectivity index (χ1n) is 5.24. The average Bonchev–Trinajstić information content (AvgIpc) is 2.64. The quantitative estimate of drug-likeness (QED) is 0.732. The highest BCUT2D eigenvalue weighted by molar-refractivity contribution is 14.1. The molecule has 0 aliphatic carbocycles. The number of aliphatic carboxylic acids is 1. The molecule has 18 heavy (non-hydrogen) atoms. The van der Waals surface area contributed by atoms with E-state index in [1.54, 1.807) is 0 Å². The average molecular weight is 359 g/mol. The van der Waals surface area contributed by atoms with E-state index in [4.69, 9.17) is 10.2 Å². The van der Waals surface area contributed by atoms with Crippen LogP contribution in [-0.4, -0.2) is 27.1 Å². The summed E-state index contributed by atoms with van der Waals surface area (Å²) < 4.78 is 0.989. The highest BCUT2D eigenvalue weighted by Gasteiger charge is 2.17. The van der Waals surface area contributed by atoms with Crippen LogP contribution in [-0.2, 0) is 11.2 Å². The van der Waals surface area contributed by atoms with Gasteiger partial charge < -0.3 is 15.2 Å². The van der Waals surface area contributed by atoms with E-state index < -0.39 is 11.9 Å². The van der Waals surface area contributed by atoms with E-state index in [2.05, 4.69) is 27.6 Å². The first kappa shape index (κ1) is 12.9. The molecule has 0 aliphatic heterocycles. The number of rotatable bonds is 4. The first-order valence-corrected chi connectivity index (χ1v) is 6.32. The van der Waals surface area contributed by atoms with E-state index in [9.17, 15) is 9.59 Å². The summed E-state index contributed by atoms with van der Waals surface area (Å²) in [5.74, 6) is -2.01. The second-order valence-corrected chi connectivity index (χ2v) is 5.11. The standard InChI is InChI=1S/C12H10INO4/c13-6-1-2-7-8(3-4-10(15)16)11(12(17)18)14-9(7)5-6/h1-2,5,14H,3-4H2,(H,15,16)(H,17,18). The van der Waals surface area contributed by atoms with Gasteiger partial charge in [-0.05, 0) is 46.7 Å². The molecule has 0 atom stereocenters. The fourth-order valence-electron chi connectivity index (χ4n) is 1.90. The summed E-state index contributed by atoms with van der Waals surface area (Å²) in [4.78, 5) is 24.6. The minimum Gasteiger partial charge on any atom is -0.481 e. The summed E-state index contributed by atoms with van der Waals surface area (Å²) in [6.45, 7) is 0. The summed E-state index contributed by atoms with van der Waals surface area (Å²) in [5, 5.41) is 18.6. The summed E-state index contributed by atoms with van der Waals surface area (Å²) in [5.41, 5.74) is 1.35. The third-order valence-corrected chi connectivity index (χ3v) is 3.34. The van der Waals surface area contributed by atoms with Crippen molar-refractivity contribution in [1.82, 2.24) is 4.98 Å². The number of aromatic amines is 1. The van der Waals surface area contributed by atoms with Gasteiger partial charge in [0.15, 0.2) is 0 Å². The van der Waals surface area contributed by atoms with Crippen LogP contribution in [0.2, 0.25) is 0 Å². The predicted octanol–water partition coefficient (Wildman–Crippen LogP) is 2.49. The van der Waals surface area contributed by atoms with Gasteiger partial charge in [0.25, 0.3) is 0 Å². The van der Waals surface area contributed by atoms with Gasteiger partial charge in [-0.3, -0.25) is 4.79 Å². The Labute approximate surface area is 116 Å². The van der Waals surface area contributed by atoms with Crippen molar-refractivity contribution in [3.05, 3.63) is 33.0 Å². The molecular weight excluding hydrogens is 349 g/mol. The van der Waals surface area contributed by atoms with Gasteiger partial charge in [0.2, 0.25) is 0 Å². The zero-order valence-electron chi connectivity index (χ0n) is 9.24. The Hall–Kier alpha value is -1.57. The molecule has 0 saturated carbocycles. The van der Waals surface area contributed by atoms with Gasteiger partial charge in [0, 0.05) is 20.9 Å². The van der Waals surface area contributed by atoms with Gasteiger partial charge in [-0.25, -0.2) is 4.79 Å². The number of carbonyl (C=O) groups is 2. The zero-order valence-corrected chi connectivity index (χ0v) is 11.4. The Kier molecular flexibility index (Phi) is 3.55. The number of carboxylic acids is 2. The maximum Gasteiger partial charge on any atom is 0.352 e. The molecule has 0 amide bonds. The molecule has 0 fully saturated rings. The van der Waals surface area contributed by atoms with Crippen molar-refractivity contribution in [3.63, 3.8) is 0 Å². The number of halogens is 1. The molecule has 2 aromatic rings. The van der Waals surface area contributed by atoms with Gasteiger partial charge in [0.1, 0.15) is 5.69 Å². The monoisotopic (exact) mass is 359 g/mol. The Bertz CT molecular complexity index is 632. The van der Waals surface area contributed by atoms with Gasteiger partial charge in [0.05, 0.1) is 0 Å². The van der Waals surface area contributed by atoms with E-state index in [-0.39, 0.29) is 18.5 Å². The third kappa shape index (κ3) is 2.47. The van der Waals surface area contributed by atoms with Crippen LogP contribution in [0.5, 0.6) is 0 Å². The van der Waals surface area contributed by atoms with Gasteiger partial charge >= 0.3 is 11.9 Å². The number of benzene rings is 1. The summed E-state index contributed by atoms with van der Waals surface area (Å²) in [6.07, 6.45) is 0.122. The smallest absolute Gasteiger partial charge is 0.352 e. The fraction of sp³-hybridized carbons (Fsp3) is 0.167. The largest absolute Gasteiger partial charge is 0.481 e. The van der Waals surface area contributed by atoms with E-state index in [0.29, 0.717) is 5.56 Å². The molecule has 1 aromatic carbocycles. The van der Waals surface area contributed by atoms with Gasteiger partial charge in [-0.15, -0.1) is 0 Å². The number of hydrogen-bond acceptors (Lipinski definition) is 2. The molecule has 5 nitrogen and oxygen atoms in total. The predicted molar refractivity (Wildman–Crippen MR) is 73.9 cm³/mol. The molecule has 0 saturated heterocycles. The maximum absolute atomic E-state index is 11.1. The molecule has 0 aliphatic rings. The third-order valence-electron chi connectivity index (χ3n) is 2.67. The molecular formula is C12H10INO4. The number of nitrogens with one attached hydrogen (secondary N) is 1. The topological polar surface area (TPSA) is 90.4 Å². The Morgan fingerprint density at radius 1 is 1.28 bits per heavy atom. The molecule has 2 rings (SSSR count). The Balaban J connectivity index is 2.55. The second kappa shape index (κ2) is 4.97. The molecule has 94 valence electrons. The molecule has 0 unspecified atom stereocenters. The highest BCUT2D eigenvalue weighted by Crippen LogP contribution is 2.25. The van der Waals surface area contributed by atoms with Crippen LogP contribution in [0.15, 0.2) is 18.2 Å². The lowest BCUT2D eigenvalue weighted by molar-refractivity contribution is -0.136. The van der Waals surface area contributed by atoms with Crippen molar-refractivity contribution in [1.29, 1.82) is 0 Å². The molecule has 1 heterocycles. The summed E-state index contributed by atoms with van der Waals surface area (Å²) >= 11 is 2.14. The molecule has 0 radical (unpaired) electrons. The van der Waals surface area contributed by atoms with Crippen LogP contribution in [0.1, 0.15) is 22.5 Å². The van der Waals surface area contributed by atoms with Crippen molar-refractivity contribution < 1.29 is 19.8 Å². The lowest BCUT2D eigenvalue weighted by Crippen LogP contribution is -2.04. The Morgan fingerprint density at radius 3 is 2.61 bits per heavy atom. The van der Waals surface area contributed by atoms with Gasteiger partial charge in [-0.1, -0.05) is 6.07 Å². The van der Waals surface area contributed by atoms with E-state index in [0.717, 1.165) is 14.5 Å². The maximum atomic E-state index is 11.1. The molecule has 0 spiro atoms. The van der Waals surface area contributed by atoms with E-state index in [1.807, 2.05) is 18.2 Å². The number of aryl methyl sites for hydroxylation is 1. The Morgan fingerprint density at radius 2 is 2.00 bits per heavy atom. The number of aromatic nitrogens is 1. The van der Waals surface area contributed by atoms with Crippen molar-refractivity contribution in [2.75, 3.05) is 0 Å². The number of aromatic carboxylic acids is 1. The minimum atomic E-state index is -1.07. The summed E-state index contributed by atoms with van der Waals surface area (Å²) in [7, 11) is 0. The van der Waals surface area contributed by atoms with Crippen molar-refractivity contribution >= 4 is 45.4 Å². The lowest BCUT2D eigenvalue weighted by atomic mass is 10.1. The van der Waals surface area contributed by atoms with Crippen molar-refractivity contribution in [2.45, 2.75) is 12.8 Å². The van der Waals surface area contributed by atoms with Gasteiger partial charge in [-0.2, -0.15) is 0 Å². The molecule has 0 bridgehead atoms. The first-order chi connectivity index (χ1) is 8.49. The number of H-pyrrole nitrogens is 1. The van der Waals surface area contributed by atoms with Crippen LogP contribution < -0.4 is 0 Å². The minimum absolute atomic E-state index is 0.0771. The molecule has 3 N–H and O–H groups in total. The summed E-state index contributed by atoms with van der Waals surface area (Å²) in [6, 6.07) is 5.52. The van der Waals surface area contributed by atoms with E-state index in [1.165, 1.54) is 0 Å². The number of carboxylic acid groups (broad SMARTS) is 2. The van der Waals surface area contributed by atoms with Crippen LogP contribution in [0.3, 0.4) is 0 Å². The van der Waals surface area contributed by atoms with Crippen LogP contribution in [0.25, 0.3) is 10.9 Å². The zero-order chi connectivity index (χ0) is 13.3.